The quantitative estimate of drug-likeness (QED) is 0.875. The van der Waals surface area contributed by atoms with Crippen LogP contribution in [0.5, 0.6) is 0 Å². The first kappa shape index (κ1) is 13.4. The van der Waals surface area contributed by atoms with E-state index in [1.165, 1.54) is 4.90 Å². The number of benzene rings is 1. The minimum atomic E-state index is -0.931. The van der Waals surface area contributed by atoms with E-state index in [2.05, 4.69) is 5.32 Å². The van der Waals surface area contributed by atoms with Gasteiger partial charge in [0.25, 0.3) is 0 Å². The second-order valence-electron chi connectivity index (χ2n) is 4.77. The number of hydrogen-bond donors (Lipinski definition) is 2. The third-order valence-corrected chi connectivity index (χ3v) is 3.44. The largest absolute Gasteiger partial charge is 0.480 e. The van der Waals surface area contributed by atoms with E-state index in [9.17, 15) is 9.59 Å². The molecule has 0 saturated carbocycles. The highest BCUT2D eigenvalue weighted by molar-refractivity contribution is 5.83. The average molecular weight is 262 g/mol. The lowest BCUT2D eigenvalue weighted by molar-refractivity contribution is -0.141. The Morgan fingerprint density at radius 1 is 1.37 bits per heavy atom. The lowest BCUT2D eigenvalue weighted by Crippen LogP contribution is -2.46. The van der Waals surface area contributed by atoms with Crippen LogP contribution in [-0.2, 0) is 4.79 Å². The molecule has 0 unspecified atom stereocenters. The van der Waals surface area contributed by atoms with Crippen molar-refractivity contribution in [3.63, 3.8) is 0 Å². The van der Waals surface area contributed by atoms with Crippen LogP contribution in [-0.4, -0.2) is 34.6 Å². The molecule has 1 heterocycles. The van der Waals surface area contributed by atoms with E-state index in [1.54, 1.807) is 0 Å². The predicted octanol–water partition coefficient (Wildman–Crippen LogP) is 2.01. The Morgan fingerprint density at radius 2 is 2.05 bits per heavy atom. The molecule has 1 aromatic carbocycles. The Morgan fingerprint density at radius 3 is 2.68 bits per heavy atom. The van der Waals surface area contributed by atoms with E-state index in [4.69, 9.17) is 5.11 Å². The maximum absolute atomic E-state index is 12.1. The molecule has 0 aromatic heterocycles. The van der Waals surface area contributed by atoms with Crippen molar-refractivity contribution in [2.45, 2.75) is 31.8 Å². The molecule has 1 aliphatic heterocycles. The topological polar surface area (TPSA) is 69.6 Å². The van der Waals surface area contributed by atoms with E-state index < -0.39 is 12.0 Å². The van der Waals surface area contributed by atoms with Gasteiger partial charge in [-0.25, -0.2) is 9.59 Å². The van der Waals surface area contributed by atoms with Crippen LogP contribution in [0.1, 0.15) is 31.4 Å². The molecule has 19 heavy (non-hydrogen) atoms. The smallest absolute Gasteiger partial charge is 0.326 e. The minimum absolute atomic E-state index is 0.135. The molecule has 2 N–H and O–H groups in total. The zero-order valence-electron chi connectivity index (χ0n) is 10.9. The molecule has 2 amide bonds. The summed E-state index contributed by atoms with van der Waals surface area (Å²) in [5.74, 6) is -0.931. The Hall–Kier alpha value is -2.04. The molecule has 102 valence electrons. The van der Waals surface area contributed by atoms with E-state index >= 15 is 0 Å². The van der Waals surface area contributed by atoms with Crippen LogP contribution >= 0.6 is 0 Å². The first-order chi connectivity index (χ1) is 9.09. The number of nitrogens with zero attached hydrogens (tertiary/aromatic N) is 1. The number of carboxylic acid groups (broad SMARTS) is 1. The van der Waals surface area contributed by atoms with E-state index in [-0.39, 0.29) is 12.1 Å². The van der Waals surface area contributed by atoms with Crippen molar-refractivity contribution in [1.82, 2.24) is 10.2 Å². The fraction of sp³-hybridized carbons (Fsp3) is 0.429. The van der Waals surface area contributed by atoms with Gasteiger partial charge in [-0.15, -0.1) is 0 Å². The predicted molar refractivity (Wildman–Crippen MR) is 70.8 cm³/mol. The highest BCUT2D eigenvalue weighted by atomic mass is 16.4. The van der Waals surface area contributed by atoms with Gasteiger partial charge in [-0.2, -0.15) is 0 Å². The van der Waals surface area contributed by atoms with Crippen LogP contribution in [0.4, 0.5) is 4.79 Å². The molecule has 0 spiro atoms. The number of likely N-dealkylation sites (tertiary alicyclic amines) is 1. The van der Waals surface area contributed by atoms with Crippen molar-refractivity contribution in [2.75, 3.05) is 6.54 Å². The monoisotopic (exact) mass is 262 g/mol. The molecule has 1 aliphatic rings. The lowest BCUT2D eigenvalue weighted by Gasteiger charge is -2.24. The zero-order valence-corrected chi connectivity index (χ0v) is 10.9. The van der Waals surface area contributed by atoms with Gasteiger partial charge >= 0.3 is 12.0 Å². The van der Waals surface area contributed by atoms with Crippen LogP contribution in [0.3, 0.4) is 0 Å². The average Bonchev–Trinajstić information content (AvgIpc) is 2.89. The third kappa shape index (κ3) is 3.05. The summed E-state index contributed by atoms with van der Waals surface area (Å²) in [7, 11) is 0. The summed E-state index contributed by atoms with van der Waals surface area (Å²) < 4.78 is 0. The first-order valence-corrected chi connectivity index (χ1v) is 6.44. The number of carbonyl (C=O) groups is 2. The number of aliphatic carboxylic acids is 1. The number of carbonyl (C=O) groups excluding carboxylic acids is 1. The number of rotatable bonds is 3. The fourth-order valence-electron chi connectivity index (χ4n) is 2.36. The summed E-state index contributed by atoms with van der Waals surface area (Å²) in [6, 6.07) is 8.47. The fourth-order valence-corrected chi connectivity index (χ4v) is 2.36. The van der Waals surface area contributed by atoms with Crippen LogP contribution in [0.15, 0.2) is 30.3 Å². The van der Waals surface area contributed by atoms with Gasteiger partial charge in [-0.3, -0.25) is 0 Å². The summed E-state index contributed by atoms with van der Waals surface area (Å²) >= 11 is 0. The van der Waals surface area contributed by atoms with Crippen molar-refractivity contribution in [3.8, 4) is 0 Å². The second kappa shape index (κ2) is 5.73. The molecule has 1 saturated heterocycles. The van der Waals surface area contributed by atoms with Crippen molar-refractivity contribution in [2.24, 2.45) is 0 Å². The molecule has 5 nitrogen and oxygen atoms in total. The molecular weight excluding hydrogens is 244 g/mol. The number of nitrogens with one attached hydrogen (secondary N) is 1. The molecule has 1 fully saturated rings. The van der Waals surface area contributed by atoms with Gasteiger partial charge in [0, 0.05) is 6.54 Å². The first-order valence-electron chi connectivity index (χ1n) is 6.44. The third-order valence-electron chi connectivity index (χ3n) is 3.44. The van der Waals surface area contributed by atoms with Gasteiger partial charge < -0.3 is 15.3 Å². The Balaban J connectivity index is 1.99. The summed E-state index contributed by atoms with van der Waals surface area (Å²) in [4.78, 5) is 24.6. The SMILES string of the molecule is C[C@@H](NC(=O)N1CCC[C@@H]1C(=O)O)c1ccccc1. The summed E-state index contributed by atoms with van der Waals surface area (Å²) in [6.45, 7) is 2.39. The Kier molecular flexibility index (Phi) is 4.04. The molecule has 2 rings (SSSR count). The minimum Gasteiger partial charge on any atom is -0.480 e. The van der Waals surface area contributed by atoms with Crippen LogP contribution in [0.2, 0.25) is 0 Å². The van der Waals surface area contributed by atoms with Gasteiger partial charge in [-0.05, 0) is 25.3 Å². The normalized spacial score (nSPS) is 20.1. The summed E-state index contributed by atoms with van der Waals surface area (Å²) in [5.41, 5.74) is 1.00. The zero-order chi connectivity index (χ0) is 13.8. The standard InChI is InChI=1S/C14H18N2O3/c1-10(11-6-3-2-4-7-11)15-14(19)16-9-5-8-12(16)13(17)18/h2-4,6-7,10,12H,5,8-9H2,1H3,(H,15,19)(H,17,18)/t10-,12-/m1/s1. The van der Waals surface area contributed by atoms with Crippen molar-refractivity contribution in [1.29, 1.82) is 0 Å². The molecule has 2 atom stereocenters. The van der Waals surface area contributed by atoms with Gasteiger partial charge in [-0.1, -0.05) is 30.3 Å². The number of amides is 2. The van der Waals surface area contributed by atoms with Crippen LogP contribution < -0.4 is 5.32 Å². The number of hydrogen-bond acceptors (Lipinski definition) is 2. The van der Waals surface area contributed by atoms with Crippen LogP contribution in [0.25, 0.3) is 0 Å². The van der Waals surface area contributed by atoms with E-state index in [0.29, 0.717) is 13.0 Å². The Labute approximate surface area is 112 Å². The maximum atomic E-state index is 12.1. The van der Waals surface area contributed by atoms with Gasteiger partial charge in [0.05, 0.1) is 6.04 Å². The van der Waals surface area contributed by atoms with Crippen LogP contribution in [0, 0.1) is 0 Å². The lowest BCUT2D eigenvalue weighted by atomic mass is 10.1. The van der Waals surface area contributed by atoms with E-state index in [0.717, 1.165) is 12.0 Å². The van der Waals surface area contributed by atoms with Crippen molar-refractivity contribution in [3.05, 3.63) is 35.9 Å². The second-order valence-corrected chi connectivity index (χ2v) is 4.77. The molecule has 0 bridgehead atoms. The summed E-state index contributed by atoms with van der Waals surface area (Å²) in [5, 5.41) is 11.9. The molecule has 0 aliphatic carbocycles. The number of carboxylic acids is 1. The molecule has 1 aromatic rings. The molecular formula is C14H18N2O3. The highest BCUT2D eigenvalue weighted by Crippen LogP contribution is 2.19. The van der Waals surface area contributed by atoms with E-state index in [1.807, 2.05) is 37.3 Å². The Bertz CT molecular complexity index is 461. The van der Waals surface area contributed by atoms with Gasteiger partial charge in [0.15, 0.2) is 0 Å². The molecule has 0 radical (unpaired) electrons. The maximum Gasteiger partial charge on any atom is 0.326 e. The van der Waals surface area contributed by atoms with Gasteiger partial charge in [0.1, 0.15) is 6.04 Å². The summed E-state index contributed by atoms with van der Waals surface area (Å²) in [6.07, 6.45) is 1.27. The number of urea groups is 1. The molecule has 5 heteroatoms. The van der Waals surface area contributed by atoms with Crippen molar-refractivity contribution < 1.29 is 14.7 Å². The van der Waals surface area contributed by atoms with Crippen molar-refractivity contribution >= 4 is 12.0 Å². The highest BCUT2D eigenvalue weighted by Gasteiger charge is 2.34. The van der Waals surface area contributed by atoms with Gasteiger partial charge in [0.2, 0.25) is 0 Å².